The molecule has 1 aliphatic heterocycles. The van der Waals surface area contributed by atoms with Crippen LogP contribution in [0.25, 0.3) is 6.08 Å². The number of rotatable bonds is 4. The number of halogens is 2. The summed E-state index contributed by atoms with van der Waals surface area (Å²) in [5, 5.41) is 0.818. The fraction of sp³-hybridized carbons (Fsp3) is 0.150. The van der Waals surface area contributed by atoms with Gasteiger partial charge in [0, 0.05) is 29.2 Å². The van der Waals surface area contributed by atoms with Gasteiger partial charge in [0.1, 0.15) is 17.9 Å². The first-order chi connectivity index (χ1) is 13.3. The molecule has 0 atom stereocenters. The van der Waals surface area contributed by atoms with E-state index < -0.39 is 11.8 Å². The molecule has 0 saturated carbocycles. The van der Waals surface area contributed by atoms with Gasteiger partial charge in [0.2, 0.25) is 0 Å². The molecule has 2 amide bonds. The van der Waals surface area contributed by atoms with Crippen molar-refractivity contribution in [2.45, 2.75) is 6.61 Å². The van der Waals surface area contributed by atoms with Gasteiger partial charge in [-0.2, -0.15) is 0 Å². The molecule has 0 bridgehead atoms. The third-order valence-electron chi connectivity index (χ3n) is 4.22. The van der Waals surface area contributed by atoms with Crippen LogP contribution >= 0.6 is 39.7 Å². The number of hydrogen-bond acceptors (Lipinski definition) is 4. The maximum absolute atomic E-state index is 12.6. The Balaban J connectivity index is 1.93. The molecule has 1 heterocycles. The van der Waals surface area contributed by atoms with Crippen molar-refractivity contribution in [3.63, 3.8) is 0 Å². The maximum Gasteiger partial charge on any atom is 0.265 e. The van der Waals surface area contributed by atoms with E-state index in [9.17, 15) is 9.59 Å². The molecule has 3 rings (SSSR count). The van der Waals surface area contributed by atoms with Crippen molar-refractivity contribution in [2.75, 3.05) is 14.1 Å². The van der Waals surface area contributed by atoms with Crippen molar-refractivity contribution in [2.24, 2.45) is 0 Å². The lowest BCUT2D eigenvalue weighted by molar-refractivity contribution is -0.132. The smallest absolute Gasteiger partial charge is 0.265 e. The Morgan fingerprint density at radius 1 is 1.07 bits per heavy atom. The second kappa shape index (κ2) is 8.43. The summed E-state index contributed by atoms with van der Waals surface area (Å²) in [5.41, 5.74) is 1.57. The largest absolute Gasteiger partial charge is 0.488 e. The third-order valence-corrected chi connectivity index (χ3v) is 5.52. The zero-order valence-electron chi connectivity index (χ0n) is 15.1. The van der Waals surface area contributed by atoms with Crippen LogP contribution in [0.3, 0.4) is 0 Å². The number of carbonyl (C=O) groups excluding carboxylic acids is 2. The van der Waals surface area contributed by atoms with Gasteiger partial charge in [-0.05, 0) is 54.2 Å². The zero-order chi connectivity index (χ0) is 20.4. The standard InChI is InChI=1S/C20H16BrClN2O3S/c1-23-18(25)16(19(26)24(2)20(23)28)10-13-9-14(21)5-8-17(13)27-11-12-3-6-15(22)7-4-12/h3-10H,11H2,1-2H3. The molecule has 1 fully saturated rings. The van der Waals surface area contributed by atoms with Crippen LogP contribution in [0.5, 0.6) is 5.75 Å². The molecule has 0 aliphatic carbocycles. The van der Waals surface area contributed by atoms with E-state index >= 15 is 0 Å². The van der Waals surface area contributed by atoms with Gasteiger partial charge in [0.05, 0.1) is 0 Å². The molecule has 2 aromatic rings. The number of ether oxygens (including phenoxy) is 1. The highest BCUT2D eigenvalue weighted by atomic mass is 79.9. The number of amides is 2. The van der Waals surface area contributed by atoms with Crippen LogP contribution in [0, 0.1) is 0 Å². The first-order valence-corrected chi connectivity index (χ1v) is 9.84. The molecular formula is C20H16BrClN2O3S. The number of hydrogen-bond donors (Lipinski definition) is 0. The Bertz CT molecular complexity index is 965. The van der Waals surface area contributed by atoms with Crippen molar-refractivity contribution in [1.82, 2.24) is 9.80 Å². The second-order valence-corrected chi connectivity index (χ2v) is 7.88. The fourth-order valence-corrected chi connectivity index (χ4v) is 3.31. The molecule has 8 heteroatoms. The number of benzene rings is 2. The minimum absolute atomic E-state index is 0.0213. The first-order valence-electron chi connectivity index (χ1n) is 8.26. The van der Waals surface area contributed by atoms with E-state index in [1.165, 1.54) is 15.9 Å². The third kappa shape index (κ3) is 4.27. The van der Waals surface area contributed by atoms with Gasteiger partial charge in [-0.25, -0.2) is 0 Å². The predicted molar refractivity (Wildman–Crippen MR) is 116 cm³/mol. The Labute approximate surface area is 181 Å². The molecule has 5 nitrogen and oxygen atoms in total. The number of thiocarbonyl (C=S) groups is 1. The second-order valence-electron chi connectivity index (χ2n) is 6.17. The van der Waals surface area contributed by atoms with E-state index in [0.29, 0.717) is 22.9 Å². The van der Waals surface area contributed by atoms with Crippen LogP contribution < -0.4 is 4.74 Å². The molecule has 1 saturated heterocycles. The highest BCUT2D eigenvalue weighted by Gasteiger charge is 2.35. The van der Waals surface area contributed by atoms with E-state index in [1.807, 2.05) is 18.2 Å². The van der Waals surface area contributed by atoms with Crippen LogP contribution in [0.2, 0.25) is 5.02 Å². The first kappa shape index (κ1) is 20.5. The summed E-state index contributed by atoms with van der Waals surface area (Å²) in [7, 11) is 3.08. The minimum atomic E-state index is -0.447. The molecular weight excluding hydrogens is 464 g/mol. The number of likely N-dealkylation sites (N-methyl/N-ethyl adjacent to an activating group) is 2. The summed E-state index contributed by atoms with van der Waals surface area (Å²) in [6, 6.07) is 12.7. The van der Waals surface area contributed by atoms with Gasteiger partial charge < -0.3 is 4.74 Å². The molecule has 2 aromatic carbocycles. The quantitative estimate of drug-likeness (QED) is 0.373. The number of nitrogens with zero attached hydrogens (tertiary/aromatic N) is 2. The maximum atomic E-state index is 12.6. The van der Waals surface area contributed by atoms with Crippen molar-refractivity contribution >= 4 is 62.8 Å². The zero-order valence-corrected chi connectivity index (χ0v) is 18.3. The highest BCUT2D eigenvalue weighted by Crippen LogP contribution is 2.28. The van der Waals surface area contributed by atoms with Crippen LogP contribution in [0.1, 0.15) is 11.1 Å². The van der Waals surface area contributed by atoms with Crippen LogP contribution in [-0.2, 0) is 16.2 Å². The Hall–Kier alpha value is -2.22. The lowest BCUT2D eigenvalue weighted by Crippen LogP contribution is -2.52. The topological polar surface area (TPSA) is 49.9 Å². The highest BCUT2D eigenvalue weighted by molar-refractivity contribution is 9.10. The lowest BCUT2D eigenvalue weighted by Gasteiger charge is -2.31. The van der Waals surface area contributed by atoms with E-state index in [0.717, 1.165) is 10.0 Å². The molecule has 28 heavy (non-hydrogen) atoms. The molecule has 0 unspecified atom stereocenters. The molecule has 0 N–H and O–H groups in total. The van der Waals surface area contributed by atoms with Gasteiger partial charge in [0.15, 0.2) is 5.11 Å². The van der Waals surface area contributed by atoms with E-state index in [4.69, 9.17) is 28.6 Å². The average Bonchev–Trinajstić information content (AvgIpc) is 2.69. The SMILES string of the molecule is CN1C(=O)C(=Cc2cc(Br)ccc2OCc2ccc(Cl)cc2)C(=O)N(C)C1=S. The Morgan fingerprint density at radius 2 is 1.68 bits per heavy atom. The van der Waals surface area contributed by atoms with Crippen molar-refractivity contribution < 1.29 is 14.3 Å². The molecule has 0 aromatic heterocycles. The van der Waals surface area contributed by atoms with Gasteiger partial charge in [-0.1, -0.05) is 39.7 Å². The summed E-state index contributed by atoms with van der Waals surface area (Å²) >= 11 is 14.4. The van der Waals surface area contributed by atoms with Crippen LogP contribution in [0.4, 0.5) is 0 Å². The van der Waals surface area contributed by atoms with Crippen LogP contribution in [-0.4, -0.2) is 40.8 Å². The molecule has 1 aliphatic rings. The van der Waals surface area contributed by atoms with Gasteiger partial charge in [-0.15, -0.1) is 0 Å². The van der Waals surface area contributed by atoms with E-state index in [2.05, 4.69) is 15.9 Å². The summed E-state index contributed by atoms with van der Waals surface area (Å²) in [6.45, 7) is 0.320. The Kier molecular flexibility index (Phi) is 6.17. The van der Waals surface area contributed by atoms with E-state index in [-0.39, 0.29) is 10.7 Å². The van der Waals surface area contributed by atoms with Crippen molar-refractivity contribution in [3.05, 3.63) is 68.7 Å². The minimum Gasteiger partial charge on any atom is -0.488 e. The summed E-state index contributed by atoms with van der Waals surface area (Å²) < 4.78 is 6.72. The molecule has 144 valence electrons. The van der Waals surface area contributed by atoms with Gasteiger partial charge in [0.25, 0.3) is 11.8 Å². The van der Waals surface area contributed by atoms with E-state index in [1.54, 1.807) is 38.4 Å². The lowest BCUT2D eigenvalue weighted by atomic mass is 10.1. The number of carbonyl (C=O) groups is 2. The summed E-state index contributed by atoms with van der Waals surface area (Å²) in [5.74, 6) is -0.349. The van der Waals surface area contributed by atoms with Crippen LogP contribution in [0.15, 0.2) is 52.5 Å². The fourth-order valence-electron chi connectivity index (χ4n) is 2.64. The van der Waals surface area contributed by atoms with Crippen molar-refractivity contribution in [3.8, 4) is 5.75 Å². The molecule has 0 spiro atoms. The average molecular weight is 480 g/mol. The molecule has 0 radical (unpaired) electrons. The summed E-state index contributed by atoms with van der Waals surface area (Å²) in [6.07, 6.45) is 1.53. The Morgan fingerprint density at radius 3 is 2.29 bits per heavy atom. The summed E-state index contributed by atoms with van der Waals surface area (Å²) in [4.78, 5) is 27.7. The predicted octanol–water partition coefficient (Wildman–Crippen LogP) is 4.28. The monoisotopic (exact) mass is 478 g/mol. The van der Waals surface area contributed by atoms with Crippen molar-refractivity contribution in [1.29, 1.82) is 0 Å². The normalized spacial score (nSPS) is 14.6. The van der Waals surface area contributed by atoms with Gasteiger partial charge >= 0.3 is 0 Å². The van der Waals surface area contributed by atoms with Gasteiger partial charge in [-0.3, -0.25) is 19.4 Å².